The van der Waals surface area contributed by atoms with Crippen molar-refractivity contribution in [3.63, 3.8) is 0 Å². The number of rotatable bonds is 6. The Hall–Kier alpha value is -2.18. The minimum atomic E-state index is -0.318. The summed E-state index contributed by atoms with van der Waals surface area (Å²) in [6.07, 6.45) is 4.62. The molecule has 140 valence electrons. The zero-order valence-corrected chi connectivity index (χ0v) is 15.3. The van der Waals surface area contributed by atoms with Gasteiger partial charge in [0.1, 0.15) is 11.6 Å². The molecule has 0 spiro atoms. The number of halogens is 2. The SMILES string of the molecule is Cl.O=C(COc1ccc(F)cc1)N1CCN(CCc2ccncc2)CC1. The molecule has 1 amide bonds. The molecule has 1 aromatic heterocycles. The predicted molar refractivity (Wildman–Crippen MR) is 100 cm³/mol. The molecule has 0 N–H and O–H groups in total. The van der Waals surface area contributed by atoms with Crippen molar-refractivity contribution in [1.29, 1.82) is 0 Å². The number of pyridine rings is 1. The van der Waals surface area contributed by atoms with Crippen LogP contribution in [0.1, 0.15) is 5.56 Å². The third-order valence-corrected chi connectivity index (χ3v) is 4.37. The maximum Gasteiger partial charge on any atom is 0.260 e. The highest BCUT2D eigenvalue weighted by molar-refractivity contribution is 5.85. The van der Waals surface area contributed by atoms with E-state index in [-0.39, 0.29) is 30.7 Å². The van der Waals surface area contributed by atoms with Crippen molar-refractivity contribution < 1.29 is 13.9 Å². The summed E-state index contributed by atoms with van der Waals surface area (Å²) >= 11 is 0. The fourth-order valence-electron chi connectivity index (χ4n) is 2.82. The second-order valence-electron chi connectivity index (χ2n) is 6.07. The highest BCUT2D eigenvalue weighted by atomic mass is 35.5. The molecule has 0 saturated carbocycles. The zero-order valence-electron chi connectivity index (χ0n) is 14.5. The normalized spacial score (nSPS) is 14.6. The summed E-state index contributed by atoms with van der Waals surface area (Å²) in [7, 11) is 0. The maximum absolute atomic E-state index is 12.8. The lowest BCUT2D eigenvalue weighted by Crippen LogP contribution is -2.50. The maximum atomic E-state index is 12.8. The summed E-state index contributed by atoms with van der Waals surface area (Å²) in [5, 5.41) is 0. The van der Waals surface area contributed by atoms with Crippen LogP contribution in [0.2, 0.25) is 0 Å². The van der Waals surface area contributed by atoms with E-state index in [0.717, 1.165) is 26.1 Å². The Kier molecular flexibility index (Phi) is 7.81. The predicted octanol–water partition coefficient (Wildman–Crippen LogP) is 2.41. The van der Waals surface area contributed by atoms with Crippen LogP contribution in [0.15, 0.2) is 48.8 Å². The fourth-order valence-corrected chi connectivity index (χ4v) is 2.82. The number of benzene rings is 1. The van der Waals surface area contributed by atoms with Gasteiger partial charge in [-0.3, -0.25) is 14.7 Å². The number of hydrogen-bond acceptors (Lipinski definition) is 4. The largest absolute Gasteiger partial charge is 0.484 e. The van der Waals surface area contributed by atoms with Gasteiger partial charge in [-0.2, -0.15) is 0 Å². The number of nitrogens with zero attached hydrogens (tertiary/aromatic N) is 3. The van der Waals surface area contributed by atoms with Crippen LogP contribution in [-0.4, -0.2) is 60.0 Å². The Morgan fingerprint density at radius 2 is 1.69 bits per heavy atom. The van der Waals surface area contributed by atoms with Crippen molar-refractivity contribution in [2.24, 2.45) is 0 Å². The Bertz CT molecular complexity index is 677. The van der Waals surface area contributed by atoms with Crippen LogP contribution >= 0.6 is 12.4 Å². The van der Waals surface area contributed by atoms with E-state index in [0.29, 0.717) is 18.8 Å². The van der Waals surface area contributed by atoms with Gasteiger partial charge < -0.3 is 9.64 Å². The van der Waals surface area contributed by atoms with Gasteiger partial charge in [-0.05, 0) is 48.4 Å². The molecule has 1 aliphatic heterocycles. The number of amides is 1. The standard InChI is InChI=1S/C19H22FN3O2.ClH/c20-17-1-3-18(4-2-17)25-15-19(24)23-13-11-22(12-14-23)10-7-16-5-8-21-9-6-16;/h1-6,8-9H,7,10-15H2;1H. The van der Waals surface area contributed by atoms with Crippen molar-refractivity contribution >= 4 is 18.3 Å². The number of ether oxygens (including phenoxy) is 1. The molecule has 0 unspecified atom stereocenters. The monoisotopic (exact) mass is 379 g/mol. The van der Waals surface area contributed by atoms with Crippen LogP contribution in [0.5, 0.6) is 5.75 Å². The zero-order chi connectivity index (χ0) is 17.5. The molecule has 1 fully saturated rings. The molecule has 0 atom stereocenters. The van der Waals surface area contributed by atoms with Gasteiger partial charge in [0.15, 0.2) is 6.61 Å². The Morgan fingerprint density at radius 3 is 2.35 bits per heavy atom. The number of carbonyl (C=O) groups excluding carboxylic acids is 1. The van der Waals surface area contributed by atoms with E-state index in [9.17, 15) is 9.18 Å². The first-order chi connectivity index (χ1) is 12.2. The first-order valence-corrected chi connectivity index (χ1v) is 8.48. The van der Waals surface area contributed by atoms with E-state index in [2.05, 4.69) is 9.88 Å². The van der Waals surface area contributed by atoms with Crippen LogP contribution in [-0.2, 0) is 11.2 Å². The minimum Gasteiger partial charge on any atom is -0.484 e. The van der Waals surface area contributed by atoms with Crippen molar-refractivity contribution in [3.8, 4) is 5.75 Å². The number of carbonyl (C=O) groups is 1. The fraction of sp³-hybridized carbons (Fsp3) is 0.368. The van der Waals surface area contributed by atoms with Gasteiger partial charge >= 0.3 is 0 Å². The summed E-state index contributed by atoms with van der Waals surface area (Å²) in [5.74, 6) is 0.158. The highest BCUT2D eigenvalue weighted by Gasteiger charge is 2.21. The first-order valence-electron chi connectivity index (χ1n) is 8.48. The molecular weight excluding hydrogens is 357 g/mol. The van der Waals surface area contributed by atoms with Gasteiger partial charge in [0.05, 0.1) is 0 Å². The van der Waals surface area contributed by atoms with Crippen LogP contribution < -0.4 is 4.74 Å². The Morgan fingerprint density at radius 1 is 1.04 bits per heavy atom. The van der Waals surface area contributed by atoms with Crippen molar-refractivity contribution in [2.75, 3.05) is 39.3 Å². The number of aromatic nitrogens is 1. The van der Waals surface area contributed by atoms with Gasteiger partial charge in [0.25, 0.3) is 5.91 Å². The minimum absolute atomic E-state index is 0. The molecule has 1 aliphatic rings. The van der Waals surface area contributed by atoms with Crippen LogP contribution in [0.4, 0.5) is 4.39 Å². The number of piperazine rings is 1. The summed E-state index contributed by atoms with van der Waals surface area (Å²) in [6.45, 7) is 4.13. The Labute approximate surface area is 159 Å². The quantitative estimate of drug-likeness (QED) is 0.773. The molecule has 2 aromatic rings. The van der Waals surface area contributed by atoms with E-state index in [1.54, 1.807) is 0 Å². The molecule has 3 rings (SSSR count). The lowest BCUT2D eigenvalue weighted by atomic mass is 10.2. The summed E-state index contributed by atoms with van der Waals surface area (Å²) in [5.41, 5.74) is 1.28. The van der Waals surface area contributed by atoms with E-state index in [4.69, 9.17) is 4.74 Å². The third-order valence-electron chi connectivity index (χ3n) is 4.37. The van der Waals surface area contributed by atoms with Gasteiger partial charge in [-0.15, -0.1) is 12.4 Å². The van der Waals surface area contributed by atoms with Crippen LogP contribution in [0.3, 0.4) is 0 Å². The molecule has 0 aliphatic carbocycles. The third kappa shape index (κ3) is 5.97. The highest BCUT2D eigenvalue weighted by Crippen LogP contribution is 2.11. The topological polar surface area (TPSA) is 45.7 Å². The summed E-state index contributed by atoms with van der Waals surface area (Å²) in [6, 6.07) is 9.77. The molecular formula is C19H23ClFN3O2. The molecule has 0 radical (unpaired) electrons. The molecule has 7 heteroatoms. The van der Waals surface area contributed by atoms with E-state index >= 15 is 0 Å². The smallest absolute Gasteiger partial charge is 0.260 e. The van der Waals surface area contributed by atoms with Gasteiger partial charge in [-0.25, -0.2) is 4.39 Å². The van der Waals surface area contributed by atoms with Gasteiger partial charge in [0.2, 0.25) is 0 Å². The van der Waals surface area contributed by atoms with Crippen molar-refractivity contribution in [1.82, 2.24) is 14.8 Å². The first kappa shape index (κ1) is 20.1. The summed E-state index contributed by atoms with van der Waals surface area (Å²) in [4.78, 5) is 20.4. The second kappa shape index (κ2) is 10.1. The molecule has 2 heterocycles. The summed E-state index contributed by atoms with van der Waals surface area (Å²) < 4.78 is 18.3. The van der Waals surface area contributed by atoms with E-state index in [1.165, 1.54) is 29.8 Å². The average molecular weight is 380 g/mol. The molecule has 5 nitrogen and oxygen atoms in total. The lowest BCUT2D eigenvalue weighted by molar-refractivity contribution is -0.135. The van der Waals surface area contributed by atoms with Crippen molar-refractivity contribution in [2.45, 2.75) is 6.42 Å². The van der Waals surface area contributed by atoms with E-state index < -0.39 is 0 Å². The van der Waals surface area contributed by atoms with Crippen LogP contribution in [0.25, 0.3) is 0 Å². The van der Waals surface area contributed by atoms with Crippen molar-refractivity contribution in [3.05, 3.63) is 60.2 Å². The molecule has 1 saturated heterocycles. The number of hydrogen-bond donors (Lipinski definition) is 0. The molecule has 26 heavy (non-hydrogen) atoms. The average Bonchev–Trinajstić information content (AvgIpc) is 2.67. The second-order valence-corrected chi connectivity index (χ2v) is 6.07. The van der Waals surface area contributed by atoms with Gasteiger partial charge in [-0.1, -0.05) is 0 Å². The Balaban J connectivity index is 0.00000243. The molecule has 0 bridgehead atoms. The van der Waals surface area contributed by atoms with E-state index in [1.807, 2.05) is 29.4 Å². The van der Waals surface area contributed by atoms with Gasteiger partial charge in [0, 0.05) is 45.1 Å². The molecule has 1 aromatic carbocycles. The van der Waals surface area contributed by atoms with Crippen LogP contribution in [0, 0.1) is 5.82 Å². The lowest BCUT2D eigenvalue weighted by Gasteiger charge is -2.34.